The van der Waals surface area contributed by atoms with Crippen molar-refractivity contribution in [2.24, 2.45) is 0 Å². The maximum atomic E-state index is 5.93. The summed E-state index contributed by atoms with van der Waals surface area (Å²) < 4.78 is 7.85. The van der Waals surface area contributed by atoms with Crippen molar-refractivity contribution in [3.05, 3.63) is 54.6 Å². The van der Waals surface area contributed by atoms with Crippen molar-refractivity contribution in [1.82, 2.24) is 34.8 Å². The van der Waals surface area contributed by atoms with Crippen LogP contribution < -0.4 is 5.32 Å². The minimum absolute atomic E-state index is 0.354. The van der Waals surface area contributed by atoms with Gasteiger partial charge in [0.25, 0.3) is 0 Å². The SMILES string of the molecule is CCN1CC(OCCn2cc(-c3cnc4ccc(Nc5cc(C(C)C)cnn5)nc4c3)cn2)C1. The molecule has 1 fully saturated rings. The third-order valence-corrected chi connectivity index (χ3v) is 6.15. The molecule has 34 heavy (non-hydrogen) atoms. The predicted octanol–water partition coefficient (Wildman–Crippen LogP) is 3.87. The summed E-state index contributed by atoms with van der Waals surface area (Å²) in [5, 5.41) is 16.0. The van der Waals surface area contributed by atoms with Crippen LogP contribution in [0, 0.1) is 0 Å². The largest absolute Gasteiger partial charge is 0.374 e. The van der Waals surface area contributed by atoms with Gasteiger partial charge in [-0.25, -0.2) is 4.98 Å². The van der Waals surface area contributed by atoms with Crippen molar-refractivity contribution >= 4 is 22.7 Å². The highest BCUT2D eigenvalue weighted by Crippen LogP contribution is 2.24. The van der Waals surface area contributed by atoms with E-state index in [1.54, 1.807) is 6.20 Å². The molecule has 0 aromatic carbocycles. The van der Waals surface area contributed by atoms with E-state index in [0.717, 1.165) is 53.9 Å². The number of anilines is 2. The summed E-state index contributed by atoms with van der Waals surface area (Å²) in [5.74, 6) is 1.76. The fourth-order valence-electron chi connectivity index (χ4n) is 3.96. The van der Waals surface area contributed by atoms with Crippen molar-refractivity contribution < 1.29 is 4.74 Å². The van der Waals surface area contributed by atoms with Gasteiger partial charge in [-0.3, -0.25) is 14.6 Å². The lowest BCUT2D eigenvalue weighted by molar-refractivity contribution is -0.0548. The molecule has 0 aliphatic carbocycles. The standard InChI is InChI=1S/C25H30N8O/c1-4-32-15-21(16-32)34-8-7-33-14-20(13-28-33)19-9-23-22(26-11-19)5-6-24(29-23)30-25-10-18(17(2)3)12-27-31-25/h5-6,9-14,17,21H,4,7-8,15-16H2,1-3H3,(H,29,30,31). The first-order valence-corrected chi connectivity index (χ1v) is 11.8. The summed E-state index contributed by atoms with van der Waals surface area (Å²) in [6.45, 7) is 11.0. The van der Waals surface area contributed by atoms with E-state index in [-0.39, 0.29) is 0 Å². The van der Waals surface area contributed by atoms with E-state index in [4.69, 9.17) is 9.72 Å². The van der Waals surface area contributed by atoms with Crippen LogP contribution in [0.4, 0.5) is 11.6 Å². The monoisotopic (exact) mass is 458 g/mol. The van der Waals surface area contributed by atoms with Crippen molar-refractivity contribution in [3.8, 4) is 11.1 Å². The van der Waals surface area contributed by atoms with Gasteiger partial charge in [0.15, 0.2) is 5.82 Å². The predicted molar refractivity (Wildman–Crippen MR) is 132 cm³/mol. The second-order valence-electron chi connectivity index (χ2n) is 8.95. The molecule has 0 unspecified atom stereocenters. The summed E-state index contributed by atoms with van der Waals surface area (Å²) in [5.41, 5.74) is 4.74. The summed E-state index contributed by atoms with van der Waals surface area (Å²) in [4.78, 5) is 11.7. The Labute approximate surface area is 199 Å². The smallest absolute Gasteiger partial charge is 0.154 e. The van der Waals surface area contributed by atoms with E-state index in [0.29, 0.717) is 30.3 Å². The number of ether oxygens (including phenoxy) is 1. The first kappa shape index (κ1) is 22.4. The van der Waals surface area contributed by atoms with E-state index in [9.17, 15) is 0 Å². The highest BCUT2D eigenvalue weighted by atomic mass is 16.5. The number of pyridine rings is 2. The first-order valence-electron chi connectivity index (χ1n) is 11.8. The van der Waals surface area contributed by atoms with E-state index in [2.05, 4.69) is 51.3 Å². The van der Waals surface area contributed by atoms with Gasteiger partial charge in [0.2, 0.25) is 0 Å². The number of rotatable bonds is 9. The third kappa shape index (κ3) is 5.05. The molecule has 9 nitrogen and oxygen atoms in total. The molecular formula is C25H30N8O. The van der Waals surface area contributed by atoms with Gasteiger partial charge in [-0.1, -0.05) is 20.8 Å². The summed E-state index contributed by atoms with van der Waals surface area (Å²) >= 11 is 0. The number of aromatic nitrogens is 6. The van der Waals surface area contributed by atoms with E-state index in [1.807, 2.05) is 47.5 Å². The Morgan fingerprint density at radius 3 is 2.76 bits per heavy atom. The molecule has 1 saturated heterocycles. The lowest BCUT2D eigenvalue weighted by Crippen LogP contribution is -2.52. The molecule has 1 aliphatic heterocycles. The molecular weight excluding hydrogens is 428 g/mol. The Bertz CT molecular complexity index is 1260. The summed E-state index contributed by atoms with van der Waals surface area (Å²) in [6, 6.07) is 7.89. The molecule has 0 spiro atoms. The molecule has 1 N–H and O–H groups in total. The normalized spacial score (nSPS) is 14.6. The average molecular weight is 459 g/mol. The molecule has 5 heterocycles. The van der Waals surface area contributed by atoms with Crippen LogP contribution in [0.3, 0.4) is 0 Å². The Hall–Kier alpha value is -3.43. The van der Waals surface area contributed by atoms with Gasteiger partial charge in [0.1, 0.15) is 5.82 Å². The lowest BCUT2D eigenvalue weighted by atomic mass is 10.1. The molecule has 176 valence electrons. The Morgan fingerprint density at radius 2 is 1.94 bits per heavy atom. The molecule has 0 atom stereocenters. The molecule has 5 rings (SSSR count). The molecule has 1 aliphatic rings. The van der Waals surface area contributed by atoms with Crippen molar-refractivity contribution in [1.29, 1.82) is 0 Å². The molecule has 0 amide bonds. The zero-order valence-electron chi connectivity index (χ0n) is 19.8. The topological polar surface area (TPSA) is 93.9 Å². The highest BCUT2D eigenvalue weighted by molar-refractivity contribution is 5.81. The van der Waals surface area contributed by atoms with Gasteiger partial charge in [0, 0.05) is 36.6 Å². The number of fused-ring (bicyclic) bond motifs is 1. The van der Waals surface area contributed by atoms with Gasteiger partial charge in [-0.15, -0.1) is 5.10 Å². The maximum Gasteiger partial charge on any atom is 0.154 e. The van der Waals surface area contributed by atoms with Crippen LogP contribution in [0.5, 0.6) is 0 Å². The van der Waals surface area contributed by atoms with Crippen LogP contribution in [0.15, 0.2) is 49.1 Å². The lowest BCUT2D eigenvalue weighted by Gasteiger charge is -2.38. The van der Waals surface area contributed by atoms with E-state index in [1.165, 1.54) is 0 Å². The van der Waals surface area contributed by atoms with Crippen LogP contribution in [-0.2, 0) is 11.3 Å². The minimum atomic E-state index is 0.354. The number of likely N-dealkylation sites (tertiary alicyclic amines) is 1. The van der Waals surface area contributed by atoms with Crippen LogP contribution in [0.25, 0.3) is 22.2 Å². The van der Waals surface area contributed by atoms with E-state index < -0.39 is 0 Å². The zero-order chi connectivity index (χ0) is 23.5. The summed E-state index contributed by atoms with van der Waals surface area (Å²) in [6.07, 6.45) is 7.90. The number of likely N-dealkylation sites (N-methyl/N-ethyl adjacent to an activating group) is 1. The highest BCUT2D eigenvalue weighted by Gasteiger charge is 2.25. The van der Waals surface area contributed by atoms with Crippen molar-refractivity contribution in [2.75, 3.05) is 31.6 Å². The molecule has 0 bridgehead atoms. The summed E-state index contributed by atoms with van der Waals surface area (Å²) in [7, 11) is 0. The molecule has 0 radical (unpaired) electrons. The van der Waals surface area contributed by atoms with Crippen LogP contribution in [0.2, 0.25) is 0 Å². The molecule has 4 aromatic heterocycles. The fraction of sp³-hybridized carbons (Fsp3) is 0.400. The second-order valence-corrected chi connectivity index (χ2v) is 8.95. The first-order chi connectivity index (χ1) is 16.6. The average Bonchev–Trinajstić information content (AvgIpc) is 3.29. The van der Waals surface area contributed by atoms with Gasteiger partial charge >= 0.3 is 0 Å². The number of hydrogen-bond acceptors (Lipinski definition) is 8. The fourth-order valence-corrected chi connectivity index (χ4v) is 3.96. The Morgan fingerprint density at radius 1 is 1.06 bits per heavy atom. The van der Waals surface area contributed by atoms with Crippen LogP contribution in [-0.4, -0.2) is 67.2 Å². The van der Waals surface area contributed by atoms with Crippen molar-refractivity contribution in [2.45, 2.75) is 39.3 Å². The van der Waals surface area contributed by atoms with E-state index >= 15 is 0 Å². The third-order valence-electron chi connectivity index (χ3n) is 6.15. The van der Waals surface area contributed by atoms with Gasteiger partial charge < -0.3 is 10.1 Å². The Kier molecular flexibility index (Phi) is 6.46. The van der Waals surface area contributed by atoms with Gasteiger partial charge in [-0.05, 0) is 42.3 Å². The number of nitrogens with one attached hydrogen (secondary N) is 1. The van der Waals surface area contributed by atoms with Crippen LogP contribution >= 0.6 is 0 Å². The molecule has 4 aromatic rings. The van der Waals surface area contributed by atoms with Gasteiger partial charge in [-0.2, -0.15) is 10.2 Å². The molecule has 0 saturated carbocycles. The minimum Gasteiger partial charge on any atom is -0.374 e. The van der Waals surface area contributed by atoms with Crippen LogP contribution in [0.1, 0.15) is 32.3 Å². The maximum absolute atomic E-state index is 5.93. The number of nitrogens with zero attached hydrogens (tertiary/aromatic N) is 7. The number of hydrogen-bond donors (Lipinski definition) is 1. The van der Waals surface area contributed by atoms with Gasteiger partial charge in [0.05, 0.1) is 42.7 Å². The molecule has 9 heteroatoms. The Balaban J connectivity index is 1.26. The second kappa shape index (κ2) is 9.82. The zero-order valence-corrected chi connectivity index (χ0v) is 19.8. The quantitative estimate of drug-likeness (QED) is 0.404. The van der Waals surface area contributed by atoms with Crippen molar-refractivity contribution in [3.63, 3.8) is 0 Å².